The van der Waals surface area contributed by atoms with Crippen LogP contribution in [0.2, 0.25) is 0 Å². The second-order valence-electron chi connectivity index (χ2n) is 5.00. The van der Waals surface area contributed by atoms with E-state index in [0.717, 1.165) is 22.0 Å². The fourth-order valence-electron chi connectivity index (χ4n) is 2.29. The predicted molar refractivity (Wildman–Crippen MR) is 89.7 cm³/mol. The highest BCUT2D eigenvalue weighted by atomic mass is 16.1. The minimum Gasteiger partial charge on any atom is -0.341 e. The maximum atomic E-state index is 11.8. The number of amides is 1. The zero-order valence-corrected chi connectivity index (χ0v) is 12.3. The summed E-state index contributed by atoms with van der Waals surface area (Å²) in [5.41, 5.74) is 2.10. The minimum atomic E-state index is -0.377. The van der Waals surface area contributed by atoms with E-state index in [1.54, 1.807) is 0 Å². The molecule has 0 aliphatic carbocycles. The van der Waals surface area contributed by atoms with Crippen LogP contribution in [0.15, 0.2) is 65.5 Å². The first kappa shape index (κ1) is 14.6. The summed E-state index contributed by atoms with van der Waals surface area (Å²) in [5.74, 6) is 4.97. The highest BCUT2D eigenvalue weighted by Gasteiger charge is 2.04. The Labute approximate surface area is 133 Å². The number of benzene rings is 2. The summed E-state index contributed by atoms with van der Waals surface area (Å²) in [6.45, 7) is 0.257. The molecule has 0 saturated carbocycles. The van der Waals surface area contributed by atoms with Gasteiger partial charge in [0.05, 0.1) is 0 Å². The van der Waals surface area contributed by atoms with E-state index in [0.29, 0.717) is 0 Å². The van der Waals surface area contributed by atoms with Crippen molar-refractivity contribution in [3.63, 3.8) is 0 Å². The van der Waals surface area contributed by atoms with Gasteiger partial charge in [0, 0.05) is 35.0 Å². The van der Waals surface area contributed by atoms with Crippen molar-refractivity contribution in [1.82, 2.24) is 10.3 Å². The zero-order valence-electron chi connectivity index (χ0n) is 12.3. The molecule has 1 aromatic heterocycles. The summed E-state index contributed by atoms with van der Waals surface area (Å²) >= 11 is 0. The van der Waals surface area contributed by atoms with Crippen LogP contribution in [0.25, 0.3) is 10.9 Å². The monoisotopic (exact) mass is 302 g/mol. The molecule has 2 N–H and O–H groups in total. The van der Waals surface area contributed by atoms with Crippen molar-refractivity contribution < 1.29 is 4.79 Å². The molecule has 0 bridgehead atoms. The lowest BCUT2D eigenvalue weighted by atomic mass is 10.1. The van der Waals surface area contributed by atoms with Gasteiger partial charge in [-0.15, -0.1) is 0 Å². The number of H-pyrrole nitrogens is 1. The maximum absolute atomic E-state index is 11.8. The molecule has 1 amide bonds. The van der Waals surface area contributed by atoms with E-state index in [9.17, 15) is 9.59 Å². The first-order chi connectivity index (χ1) is 11.2. The molecule has 0 spiro atoms. The fraction of sp³-hybridized carbons (Fsp3) is 0.0526. The van der Waals surface area contributed by atoms with Crippen molar-refractivity contribution >= 4 is 16.8 Å². The van der Waals surface area contributed by atoms with E-state index in [1.807, 2.05) is 54.6 Å². The predicted octanol–water partition coefficient (Wildman–Crippen LogP) is 2.20. The number of pyridine rings is 1. The Bertz CT molecular complexity index is 963. The number of aromatic amines is 1. The molecule has 0 atom stereocenters. The van der Waals surface area contributed by atoms with Crippen molar-refractivity contribution in [3.8, 4) is 11.8 Å². The Morgan fingerprint density at radius 1 is 1.04 bits per heavy atom. The van der Waals surface area contributed by atoms with Crippen LogP contribution in [0.4, 0.5) is 0 Å². The van der Waals surface area contributed by atoms with Crippen LogP contribution in [-0.2, 0) is 11.3 Å². The van der Waals surface area contributed by atoms with E-state index in [4.69, 9.17) is 0 Å². The highest BCUT2D eigenvalue weighted by molar-refractivity contribution is 5.94. The van der Waals surface area contributed by atoms with Gasteiger partial charge in [0.1, 0.15) is 0 Å². The molecular weight excluding hydrogens is 288 g/mol. The Morgan fingerprint density at radius 3 is 2.61 bits per heavy atom. The van der Waals surface area contributed by atoms with Crippen LogP contribution in [0.1, 0.15) is 11.1 Å². The Kier molecular flexibility index (Phi) is 4.21. The highest BCUT2D eigenvalue weighted by Crippen LogP contribution is 2.13. The molecule has 0 saturated heterocycles. The summed E-state index contributed by atoms with van der Waals surface area (Å²) in [5, 5.41) is 3.63. The average Bonchev–Trinajstić information content (AvgIpc) is 2.58. The third-order valence-electron chi connectivity index (χ3n) is 3.37. The topological polar surface area (TPSA) is 62.0 Å². The van der Waals surface area contributed by atoms with Crippen molar-refractivity contribution in [3.05, 3.63) is 82.1 Å². The summed E-state index contributed by atoms with van der Waals surface area (Å²) in [6.07, 6.45) is 0. The van der Waals surface area contributed by atoms with E-state index in [2.05, 4.69) is 22.1 Å². The molecule has 2 aromatic carbocycles. The van der Waals surface area contributed by atoms with Gasteiger partial charge in [-0.25, -0.2) is 0 Å². The quantitative estimate of drug-likeness (QED) is 0.713. The molecular formula is C19H14N2O2. The number of carbonyl (C=O) groups is 1. The van der Waals surface area contributed by atoms with Crippen LogP contribution in [0.5, 0.6) is 0 Å². The average molecular weight is 302 g/mol. The molecule has 0 unspecified atom stereocenters. The molecule has 0 aliphatic heterocycles. The summed E-state index contributed by atoms with van der Waals surface area (Å²) < 4.78 is 0. The molecule has 4 heteroatoms. The molecule has 0 radical (unpaired) electrons. The molecule has 0 aliphatic rings. The van der Waals surface area contributed by atoms with Crippen molar-refractivity contribution in [1.29, 1.82) is 0 Å². The molecule has 3 aromatic rings. The number of fused-ring (bicyclic) bond motifs is 1. The second-order valence-corrected chi connectivity index (χ2v) is 5.00. The van der Waals surface area contributed by atoms with Crippen LogP contribution in [0, 0.1) is 11.8 Å². The molecule has 112 valence electrons. The second kappa shape index (κ2) is 6.63. The smallest absolute Gasteiger partial charge is 0.296 e. The van der Waals surface area contributed by atoms with Crippen molar-refractivity contribution in [2.45, 2.75) is 6.54 Å². The van der Waals surface area contributed by atoms with Crippen LogP contribution in [0.3, 0.4) is 0 Å². The Hall–Kier alpha value is -3.32. The van der Waals surface area contributed by atoms with E-state index >= 15 is 0 Å². The van der Waals surface area contributed by atoms with Gasteiger partial charge in [0.2, 0.25) is 5.56 Å². The van der Waals surface area contributed by atoms with Gasteiger partial charge in [0.25, 0.3) is 5.91 Å². The Morgan fingerprint density at radius 2 is 1.78 bits per heavy atom. The van der Waals surface area contributed by atoms with Gasteiger partial charge in [-0.1, -0.05) is 42.3 Å². The lowest BCUT2D eigenvalue weighted by Crippen LogP contribution is -2.22. The molecule has 1 heterocycles. The molecule has 4 nitrogen and oxygen atoms in total. The normalized spacial score (nSPS) is 9.91. The lowest BCUT2D eigenvalue weighted by molar-refractivity contribution is -0.115. The number of rotatable bonds is 2. The number of hydrogen-bond acceptors (Lipinski definition) is 2. The standard InChI is InChI=1S/C19H14N2O2/c22-18(11-10-14-6-2-1-3-7-14)20-13-15-12-19(23)21-17-9-5-4-8-16(15)17/h1-9,12H,13H2,(H,20,22)(H,21,23). The molecule has 0 fully saturated rings. The van der Waals surface area contributed by atoms with Crippen molar-refractivity contribution in [2.75, 3.05) is 0 Å². The van der Waals surface area contributed by atoms with E-state index in [1.165, 1.54) is 6.07 Å². The van der Waals surface area contributed by atoms with Crippen LogP contribution >= 0.6 is 0 Å². The van der Waals surface area contributed by atoms with Gasteiger partial charge >= 0.3 is 0 Å². The molecule has 23 heavy (non-hydrogen) atoms. The number of aromatic nitrogens is 1. The van der Waals surface area contributed by atoms with Crippen molar-refractivity contribution in [2.24, 2.45) is 0 Å². The van der Waals surface area contributed by atoms with Gasteiger partial charge in [-0.05, 0) is 23.8 Å². The first-order valence-corrected chi connectivity index (χ1v) is 7.18. The van der Waals surface area contributed by atoms with Gasteiger partial charge < -0.3 is 10.3 Å². The largest absolute Gasteiger partial charge is 0.341 e. The van der Waals surface area contributed by atoms with Gasteiger partial charge in [-0.2, -0.15) is 0 Å². The number of para-hydroxylation sites is 1. The zero-order chi connectivity index (χ0) is 16.1. The first-order valence-electron chi connectivity index (χ1n) is 7.18. The SMILES string of the molecule is O=C(C#Cc1ccccc1)NCc1cc(=O)[nH]c2ccccc12. The third kappa shape index (κ3) is 3.66. The number of nitrogens with one attached hydrogen (secondary N) is 2. The fourth-order valence-corrected chi connectivity index (χ4v) is 2.29. The van der Waals surface area contributed by atoms with Crippen LogP contribution < -0.4 is 10.9 Å². The summed E-state index contributed by atoms with van der Waals surface area (Å²) in [4.78, 5) is 26.3. The maximum Gasteiger partial charge on any atom is 0.296 e. The van der Waals surface area contributed by atoms with Crippen LogP contribution in [-0.4, -0.2) is 10.9 Å². The number of hydrogen-bond donors (Lipinski definition) is 2. The molecule has 3 rings (SSSR count). The van der Waals surface area contributed by atoms with E-state index < -0.39 is 0 Å². The minimum absolute atomic E-state index is 0.191. The summed E-state index contributed by atoms with van der Waals surface area (Å²) in [6, 6.07) is 18.3. The van der Waals surface area contributed by atoms with E-state index in [-0.39, 0.29) is 18.0 Å². The lowest BCUT2D eigenvalue weighted by Gasteiger charge is -2.06. The van der Waals surface area contributed by atoms with Gasteiger partial charge in [-0.3, -0.25) is 9.59 Å². The number of carbonyl (C=O) groups excluding carboxylic acids is 1. The summed E-state index contributed by atoms with van der Waals surface area (Å²) in [7, 11) is 0. The Balaban J connectivity index is 1.75. The van der Waals surface area contributed by atoms with Gasteiger partial charge in [0.15, 0.2) is 0 Å². The third-order valence-corrected chi connectivity index (χ3v) is 3.37.